The highest BCUT2D eigenvalue weighted by molar-refractivity contribution is 5.95. The molecule has 15 heavy (non-hydrogen) atoms. The molecule has 0 heterocycles. The Balaban J connectivity index is 3.01. The molecule has 0 aromatic heterocycles. The second kappa shape index (κ2) is 5.29. The monoisotopic (exact) mass is 205 g/mol. The zero-order chi connectivity index (χ0) is 11.3. The van der Waals surface area contributed by atoms with Crippen LogP contribution < -0.4 is 0 Å². The summed E-state index contributed by atoms with van der Waals surface area (Å²) in [4.78, 5) is 15.6. The molecule has 0 aliphatic rings. The molecule has 3 heteroatoms. The molecule has 0 atom stereocenters. The molecule has 0 saturated heterocycles. The van der Waals surface area contributed by atoms with Crippen LogP contribution in [-0.2, 0) is 4.74 Å². The molecular formula is C12H15NO2. The predicted octanol–water partition coefficient (Wildman–Crippen LogP) is 2.83. The van der Waals surface area contributed by atoms with E-state index in [1.165, 1.54) is 7.11 Å². The standard InChI is InChI=1S/C12H15NO2/c1-9(2)8-13-11-7-5-4-6-10(11)12(14)15-3/h4-9H,1-3H3. The summed E-state index contributed by atoms with van der Waals surface area (Å²) < 4.78 is 4.67. The van der Waals surface area contributed by atoms with Crippen LogP contribution >= 0.6 is 0 Å². The maximum Gasteiger partial charge on any atom is 0.340 e. The second-order valence-corrected chi connectivity index (χ2v) is 3.53. The van der Waals surface area contributed by atoms with Crippen LogP contribution in [0.3, 0.4) is 0 Å². The fraction of sp³-hybridized carbons (Fsp3) is 0.333. The third-order valence-electron chi connectivity index (χ3n) is 1.82. The first-order chi connectivity index (χ1) is 7.15. The first kappa shape index (κ1) is 11.4. The number of aliphatic imine (C=N–C) groups is 1. The van der Waals surface area contributed by atoms with E-state index in [-0.39, 0.29) is 5.97 Å². The lowest BCUT2D eigenvalue weighted by Gasteiger charge is -2.03. The maximum atomic E-state index is 11.4. The summed E-state index contributed by atoms with van der Waals surface area (Å²) in [6, 6.07) is 7.14. The van der Waals surface area contributed by atoms with Crippen molar-refractivity contribution in [2.24, 2.45) is 10.9 Å². The Morgan fingerprint density at radius 1 is 1.40 bits per heavy atom. The second-order valence-electron chi connectivity index (χ2n) is 3.53. The van der Waals surface area contributed by atoms with Crippen molar-refractivity contribution in [1.29, 1.82) is 0 Å². The summed E-state index contributed by atoms with van der Waals surface area (Å²) in [5, 5.41) is 0. The number of hydrogen-bond acceptors (Lipinski definition) is 3. The van der Waals surface area contributed by atoms with Gasteiger partial charge in [0.15, 0.2) is 0 Å². The van der Waals surface area contributed by atoms with Crippen molar-refractivity contribution in [3.05, 3.63) is 29.8 Å². The molecular weight excluding hydrogens is 190 g/mol. The molecule has 1 aromatic carbocycles. The summed E-state index contributed by atoms with van der Waals surface area (Å²) in [6.07, 6.45) is 1.81. The van der Waals surface area contributed by atoms with Gasteiger partial charge in [0.05, 0.1) is 18.4 Å². The first-order valence-electron chi connectivity index (χ1n) is 4.86. The highest BCUT2D eigenvalue weighted by Crippen LogP contribution is 2.19. The van der Waals surface area contributed by atoms with Gasteiger partial charge in [-0.05, 0) is 18.1 Å². The van der Waals surface area contributed by atoms with Gasteiger partial charge in [-0.2, -0.15) is 0 Å². The molecule has 1 rings (SSSR count). The molecule has 0 fully saturated rings. The van der Waals surface area contributed by atoms with Crippen LogP contribution in [0.5, 0.6) is 0 Å². The van der Waals surface area contributed by atoms with Crippen LogP contribution in [0, 0.1) is 5.92 Å². The Labute approximate surface area is 89.8 Å². The number of methoxy groups -OCH3 is 1. The Morgan fingerprint density at radius 3 is 2.67 bits per heavy atom. The minimum Gasteiger partial charge on any atom is -0.465 e. The first-order valence-corrected chi connectivity index (χ1v) is 4.86. The molecule has 0 radical (unpaired) electrons. The van der Waals surface area contributed by atoms with Gasteiger partial charge in [-0.1, -0.05) is 26.0 Å². The van der Waals surface area contributed by atoms with E-state index < -0.39 is 0 Å². The summed E-state index contributed by atoms with van der Waals surface area (Å²) in [7, 11) is 1.37. The van der Waals surface area contributed by atoms with E-state index in [4.69, 9.17) is 0 Å². The molecule has 0 aliphatic carbocycles. The largest absolute Gasteiger partial charge is 0.465 e. The third-order valence-corrected chi connectivity index (χ3v) is 1.82. The lowest BCUT2D eigenvalue weighted by Crippen LogP contribution is -2.01. The average molecular weight is 205 g/mol. The number of para-hydroxylation sites is 1. The normalized spacial score (nSPS) is 10.9. The van der Waals surface area contributed by atoms with Crippen molar-refractivity contribution < 1.29 is 9.53 Å². The van der Waals surface area contributed by atoms with Crippen LogP contribution in [0.15, 0.2) is 29.3 Å². The summed E-state index contributed by atoms with van der Waals surface area (Å²) in [6.45, 7) is 4.06. The van der Waals surface area contributed by atoms with Gasteiger partial charge in [-0.25, -0.2) is 4.79 Å². The summed E-state index contributed by atoms with van der Waals surface area (Å²) in [5.41, 5.74) is 1.15. The van der Waals surface area contributed by atoms with E-state index in [0.29, 0.717) is 17.2 Å². The van der Waals surface area contributed by atoms with E-state index in [9.17, 15) is 4.79 Å². The molecule has 0 spiro atoms. The average Bonchev–Trinajstić information content (AvgIpc) is 2.25. The highest BCUT2D eigenvalue weighted by atomic mass is 16.5. The minimum atomic E-state index is -0.355. The Morgan fingerprint density at radius 2 is 2.07 bits per heavy atom. The molecule has 1 aromatic rings. The van der Waals surface area contributed by atoms with Crippen LogP contribution in [0.25, 0.3) is 0 Å². The summed E-state index contributed by atoms with van der Waals surface area (Å²) in [5.74, 6) is 0.00205. The van der Waals surface area contributed by atoms with E-state index in [1.54, 1.807) is 18.2 Å². The maximum absolute atomic E-state index is 11.4. The van der Waals surface area contributed by atoms with Gasteiger partial charge < -0.3 is 4.74 Å². The van der Waals surface area contributed by atoms with Gasteiger partial charge in [0, 0.05) is 6.21 Å². The summed E-state index contributed by atoms with van der Waals surface area (Å²) >= 11 is 0. The number of nitrogens with zero attached hydrogens (tertiary/aromatic N) is 1. The fourth-order valence-corrected chi connectivity index (χ4v) is 1.10. The number of benzene rings is 1. The number of carbonyl (C=O) groups is 1. The van der Waals surface area contributed by atoms with Crippen molar-refractivity contribution in [2.75, 3.05) is 7.11 Å². The Bertz CT molecular complexity index is 370. The molecule has 0 saturated carbocycles. The number of rotatable bonds is 3. The minimum absolute atomic E-state index is 0.355. The zero-order valence-corrected chi connectivity index (χ0v) is 9.23. The van der Waals surface area contributed by atoms with Gasteiger partial charge in [-0.3, -0.25) is 4.99 Å². The molecule has 0 bridgehead atoms. The quantitative estimate of drug-likeness (QED) is 0.562. The van der Waals surface area contributed by atoms with Crippen LogP contribution in [0.2, 0.25) is 0 Å². The molecule has 0 unspecified atom stereocenters. The molecule has 3 nitrogen and oxygen atoms in total. The van der Waals surface area contributed by atoms with E-state index in [1.807, 2.05) is 26.1 Å². The molecule has 0 amide bonds. The zero-order valence-electron chi connectivity index (χ0n) is 9.23. The smallest absolute Gasteiger partial charge is 0.340 e. The van der Waals surface area contributed by atoms with E-state index in [0.717, 1.165) is 0 Å². The Kier molecular flexibility index (Phi) is 4.03. The lowest BCUT2D eigenvalue weighted by molar-refractivity contribution is 0.0601. The number of carbonyl (C=O) groups excluding carboxylic acids is 1. The van der Waals surface area contributed by atoms with Gasteiger partial charge in [0.1, 0.15) is 0 Å². The van der Waals surface area contributed by atoms with Crippen molar-refractivity contribution >= 4 is 17.9 Å². The van der Waals surface area contributed by atoms with Crippen LogP contribution in [-0.4, -0.2) is 19.3 Å². The van der Waals surface area contributed by atoms with E-state index in [2.05, 4.69) is 9.73 Å². The molecule has 0 aliphatic heterocycles. The molecule has 80 valence electrons. The predicted molar refractivity (Wildman–Crippen MR) is 60.8 cm³/mol. The number of hydrogen-bond donors (Lipinski definition) is 0. The Hall–Kier alpha value is -1.64. The molecule has 0 N–H and O–H groups in total. The van der Waals surface area contributed by atoms with Crippen molar-refractivity contribution in [1.82, 2.24) is 0 Å². The number of ether oxygens (including phenoxy) is 1. The highest BCUT2D eigenvalue weighted by Gasteiger charge is 2.09. The van der Waals surface area contributed by atoms with Gasteiger partial charge >= 0.3 is 5.97 Å². The van der Waals surface area contributed by atoms with Crippen molar-refractivity contribution in [3.8, 4) is 0 Å². The van der Waals surface area contributed by atoms with Gasteiger partial charge in [-0.15, -0.1) is 0 Å². The topological polar surface area (TPSA) is 38.7 Å². The third kappa shape index (κ3) is 3.20. The van der Waals surface area contributed by atoms with Crippen molar-refractivity contribution in [3.63, 3.8) is 0 Å². The SMILES string of the molecule is COC(=O)c1ccccc1N=CC(C)C. The van der Waals surface area contributed by atoms with Gasteiger partial charge in [0.2, 0.25) is 0 Å². The van der Waals surface area contributed by atoms with Gasteiger partial charge in [0.25, 0.3) is 0 Å². The lowest BCUT2D eigenvalue weighted by atomic mass is 10.2. The van der Waals surface area contributed by atoms with Crippen LogP contribution in [0.1, 0.15) is 24.2 Å². The van der Waals surface area contributed by atoms with Crippen LogP contribution in [0.4, 0.5) is 5.69 Å². The fourth-order valence-electron chi connectivity index (χ4n) is 1.10. The van der Waals surface area contributed by atoms with Crippen molar-refractivity contribution in [2.45, 2.75) is 13.8 Å². The number of esters is 1. The van der Waals surface area contributed by atoms with E-state index >= 15 is 0 Å².